The fourth-order valence-corrected chi connectivity index (χ4v) is 3.77. The minimum atomic E-state index is -3.75. The molecule has 20 heavy (non-hydrogen) atoms. The van der Waals surface area contributed by atoms with E-state index in [9.17, 15) is 13.2 Å². The van der Waals surface area contributed by atoms with Crippen LogP contribution in [0.1, 0.15) is 28.2 Å². The summed E-state index contributed by atoms with van der Waals surface area (Å²) < 4.78 is 27.0. The average Bonchev–Trinajstić information content (AvgIpc) is 2.92. The number of hydrogen-bond acceptors (Lipinski definition) is 4. The molecule has 0 saturated carbocycles. The van der Waals surface area contributed by atoms with Gasteiger partial charge in [-0.15, -0.1) is 11.3 Å². The molecule has 106 valence electrons. The Morgan fingerprint density at radius 2 is 2.05 bits per heavy atom. The van der Waals surface area contributed by atoms with Crippen molar-refractivity contribution >= 4 is 27.3 Å². The van der Waals surface area contributed by atoms with E-state index in [1.54, 1.807) is 6.92 Å². The third-order valence-corrected chi connectivity index (χ3v) is 5.29. The Morgan fingerprint density at radius 3 is 2.65 bits per heavy atom. The molecule has 1 atom stereocenters. The Morgan fingerprint density at radius 1 is 1.30 bits per heavy atom. The highest BCUT2D eigenvalue weighted by atomic mass is 32.2. The predicted molar refractivity (Wildman–Crippen MR) is 76.5 cm³/mol. The van der Waals surface area contributed by atoms with Crippen molar-refractivity contribution in [2.24, 2.45) is 0 Å². The summed E-state index contributed by atoms with van der Waals surface area (Å²) in [5.41, 5.74) is -0.0587. The number of benzene rings is 1. The van der Waals surface area contributed by atoms with Gasteiger partial charge in [-0.2, -0.15) is 0 Å². The molecular formula is C13H13NO4S2. The largest absolute Gasteiger partial charge is 0.478 e. The minimum Gasteiger partial charge on any atom is -0.478 e. The highest BCUT2D eigenvalue weighted by Crippen LogP contribution is 2.21. The first-order valence-corrected chi connectivity index (χ1v) is 8.15. The molecule has 0 aliphatic rings. The van der Waals surface area contributed by atoms with Gasteiger partial charge in [0.25, 0.3) is 0 Å². The van der Waals surface area contributed by atoms with Crippen LogP contribution in [0, 0.1) is 0 Å². The number of sulfonamides is 1. The number of hydrogen-bond donors (Lipinski definition) is 2. The monoisotopic (exact) mass is 311 g/mol. The average molecular weight is 311 g/mol. The summed E-state index contributed by atoms with van der Waals surface area (Å²) in [6.45, 7) is 1.74. The lowest BCUT2D eigenvalue weighted by Crippen LogP contribution is -2.26. The van der Waals surface area contributed by atoms with Crippen LogP contribution >= 0.6 is 11.3 Å². The quantitative estimate of drug-likeness (QED) is 0.888. The van der Waals surface area contributed by atoms with Gasteiger partial charge >= 0.3 is 5.97 Å². The Labute approximate surface area is 120 Å². The Bertz CT molecular complexity index is 708. The first kappa shape index (κ1) is 14.7. The van der Waals surface area contributed by atoms with Gasteiger partial charge in [0.05, 0.1) is 16.5 Å². The highest BCUT2D eigenvalue weighted by molar-refractivity contribution is 7.89. The van der Waals surface area contributed by atoms with E-state index in [1.807, 2.05) is 17.5 Å². The van der Waals surface area contributed by atoms with E-state index in [4.69, 9.17) is 5.11 Å². The van der Waals surface area contributed by atoms with E-state index in [0.29, 0.717) is 0 Å². The molecule has 1 unspecified atom stereocenters. The smallest absolute Gasteiger partial charge is 0.335 e. The second-order valence-corrected chi connectivity index (χ2v) is 6.88. The van der Waals surface area contributed by atoms with Crippen molar-refractivity contribution in [3.05, 3.63) is 52.2 Å². The molecule has 1 aromatic carbocycles. The minimum absolute atomic E-state index is 0.0548. The van der Waals surface area contributed by atoms with Crippen LogP contribution in [0.3, 0.4) is 0 Å². The first-order valence-electron chi connectivity index (χ1n) is 5.79. The number of rotatable bonds is 5. The number of aromatic carboxylic acids is 1. The molecular weight excluding hydrogens is 298 g/mol. The lowest BCUT2D eigenvalue weighted by molar-refractivity contribution is 0.0696. The highest BCUT2D eigenvalue weighted by Gasteiger charge is 2.20. The maximum Gasteiger partial charge on any atom is 0.335 e. The summed E-state index contributed by atoms with van der Waals surface area (Å²) in [6.07, 6.45) is 0. The van der Waals surface area contributed by atoms with Crippen molar-refractivity contribution in [3.63, 3.8) is 0 Å². The molecule has 0 amide bonds. The number of carbonyl (C=O) groups is 1. The lowest BCUT2D eigenvalue weighted by atomic mass is 10.2. The summed E-state index contributed by atoms with van der Waals surface area (Å²) in [4.78, 5) is 11.7. The van der Waals surface area contributed by atoms with E-state index in [2.05, 4.69) is 4.72 Å². The Hall–Kier alpha value is -1.70. The third kappa shape index (κ3) is 3.24. The summed E-state index contributed by atoms with van der Waals surface area (Å²) in [6, 6.07) is 8.59. The van der Waals surface area contributed by atoms with Crippen molar-refractivity contribution < 1.29 is 18.3 Å². The van der Waals surface area contributed by atoms with Crippen LogP contribution in [0.25, 0.3) is 0 Å². The van der Waals surface area contributed by atoms with Crippen molar-refractivity contribution in [3.8, 4) is 0 Å². The molecule has 0 saturated heterocycles. The summed E-state index contributed by atoms with van der Waals surface area (Å²) in [5, 5.41) is 10.8. The molecule has 1 aromatic heterocycles. The van der Waals surface area contributed by atoms with Crippen molar-refractivity contribution in [1.29, 1.82) is 0 Å². The predicted octanol–water partition coefficient (Wildman–Crippen LogP) is 2.49. The van der Waals surface area contributed by atoms with Gasteiger partial charge in [0.1, 0.15) is 0 Å². The van der Waals surface area contributed by atoms with Crippen LogP contribution in [0.4, 0.5) is 0 Å². The van der Waals surface area contributed by atoms with Gasteiger partial charge < -0.3 is 5.11 Å². The first-order chi connectivity index (χ1) is 9.40. The van der Waals surface area contributed by atoms with Crippen molar-refractivity contribution in [2.45, 2.75) is 17.9 Å². The zero-order valence-electron chi connectivity index (χ0n) is 10.6. The normalized spacial score (nSPS) is 13.1. The van der Waals surface area contributed by atoms with Gasteiger partial charge in [-0.1, -0.05) is 12.1 Å². The third-order valence-electron chi connectivity index (χ3n) is 2.69. The molecule has 0 aliphatic heterocycles. The molecule has 0 radical (unpaired) electrons. The molecule has 5 nitrogen and oxygen atoms in total. The molecule has 0 bridgehead atoms. The standard InChI is InChI=1S/C13H13NO4S2/c1-9(12-6-3-7-19-12)14-20(17,18)11-5-2-4-10(8-11)13(15)16/h2-9,14H,1H3,(H,15,16). The van der Waals surface area contributed by atoms with Crippen LogP contribution in [0.15, 0.2) is 46.7 Å². The van der Waals surface area contributed by atoms with E-state index < -0.39 is 16.0 Å². The van der Waals surface area contributed by atoms with Gasteiger partial charge in [0.2, 0.25) is 10.0 Å². The number of carboxylic acid groups (broad SMARTS) is 1. The van der Waals surface area contributed by atoms with Crippen LogP contribution in [0.2, 0.25) is 0 Å². The van der Waals surface area contributed by atoms with Gasteiger partial charge in [-0.05, 0) is 36.6 Å². The van der Waals surface area contributed by atoms with Crippen molar-refractivity contribution in [1.82, 2.24) is 4.72 Å². The second kappa shape index (κ2) is 5.74. The van der Waals surface area contributed by atoms with Crippen molar-refractivity contribution in [2.75, 3.05) is 0 Å². The van der Waals surface area contributed by atoms with Crippen LogP contribution in [-0.4, -0.2) is 19.5 Å². The van der Waals surface area contributed by atoms with E-state index in [0.717, 1.165) is 10.9 Å². The summed E-state index contributed by atoms with van der Waals surface area (Å²) >= 11 is 1.45. The van der Waals surface area contributed by atoms with Gasteiger partial charge in [-0.25, -0.2) is 17.9 Å². The zero-order chi connectivity index (χ0) is 14.8. The van der Waals surface area contributed by atoms with E-state index in [-0.39, 0.29) is 16.5 Å². The molecule has 2 N–H and O–H groups in total. The van der Waals surface area contributed by atoms with Crippen LogP contribution in [0.5, 0.6) is 0 Å². The fourth-order valence-electron chi connectivity index (χ4n) is 1.69. The lowest BCUT2D eigenvalue weighted by Gasteiger charge is -2.13. The Kier molecular flexibility index (Phi) is 4.22. The SMILES string of the molecule is CC(NS(=O)(=O)c1cccc(C(=O)O)c1)c1cccs1. The maximum absolute atomic E-state index is 12.2. The number of carboxylic acids is 1. The topological polar surface area (TPSA) is 83.5 Å². The molecule has 0 fully saturated rings. The fraction of sp³-hybridized carbons (Fsp3) is 0.154. The van der Waals surface area contributed by atoms with Crippen LogP contribution < -0.4 is 4.72 Å². The molecule has 0 aliphatic carbocycles. The second-order valence-electron chi connectivity index (χ2n) is 4.19. The molecule has 7 heteroatoms. The molecule has 2 aromatic rings. The Balaban J connectivity index is 2.26. The van der Waals surface area contributed by atoms with Gasteiger partial charge in [0, 0.05) is 4.88 Å². The van der Waals surface area contributed by atoms with E-state index >= 15 is 0 Å². The summed E-state index contributed by atoms with van der Waals surface area (Å²) in [5.74, 6) is -1.16. The number of thiophene rings is 1. The molecule has 2 rings (SSSR count). The number of nitrogens with one attached hydrogen (secondary N) is 1. The van der Waals surface area contributed by atoms with Gasteiger partial charge in [-0.3, -0.25) is 0 Å². The van der Waals surface area contributed by atoms with Gasteiger partial charge in [0.15, 0.2) is 0 Å². The maximum atomic E-state index is 12.2. The van der Waals surface area contributed by atoms with E-state index in [1.165, 1.54) is 29.5 Å². The van der Waals surface area contributed by atoms with Crippen LogP contribution in [-0.2, 0) is 10.0 Å². The summed E-state index contributed by atoms with van der Waals surface area (Å²) in [7, 11) is -3.75. The molecule has 1 heterocycles. The zero-order valence-corrected chi connectivity index (χ0v) is 12.2. The molecule has 0 spiro atoms.